The molecule has 0 aliphatic rings. The molecule has 0 fully saturated rings. The van der Waals surface area contributed by atoms with E-state index in [-0.39, 0.29) is 24.7 Å². The molecule has 0 amide bonds. The molecule has 0 aliphatic carbocycles. The predicted octanol–water partition coefficient (Wildman–Crippen LogP) is 5.46. The molecule has 2 rings (SSSR count). The number of hydrogen-bond donors (Lipinski definition) is 2. The van der Waals surface area contributed by atoms with Crippen LogP contribution in [0.2, 0.25) is 0 Å². The van der Waals surface area contributed by atoms with Gasteiger partial charge in [-0.3, -0.25) is 0 Å². The van der Waals surface area contributed by atoms with Crippen molar-refractivity contribution in [3.63, 3.8) is 0 Å². The first-order valence-electron chi connectivity index (χ1n) is 7.90. The van der Waals surface area contributed by atoms with Crippen LogP contribution < -0.4 is 4.74 Å². The van der Waals surface area contributed by atoms with E-state index in [0.29, 0.717) is 17.9 Å². The minimum atomic E-state index is -1.17. The lowest BCUT2D eigenvalue weighted by Crippen LogP contribution is -2.04. The second-order valence-corrected chi connectivity index (χ2v) is 5.76. The van der Waals surface area contributed by atoms with E-state index in [2.05, 4.69) is 6.58 Å². The van der Waals surface area contributed by atoms with E-state index in [1.807, 2.05) is 38.1 Å². The molecule has 2 N–H and O–H groups in total. The topological polar surface area (TPSA) is 66.8 Å². The van der Waals surface area contributed by atoms with Crippen LogP contribution in [0.25, 0.3) is 6.08 Å². The Bertz CT molecular complexity index is 732. The lowest BCUT2D eigenvalue weighted by atomic mass is 9.95. The van der Waals surface area contributed by atoms with Crippen molar-refractivity contribution < 1.29 is 19.7 Å². The van der Waals surface area contributed by atoms with Crippen LogP contribution in [-0.4, -0.2) is 16.2 Å². The van der Waals surface area contributed by atoms with Gasteiger partial charge < -0.3 is 14.9 Å². The van der Waals surface area contributed by atoms with E-state index in [4.69, 9.17) is 4.74 Å². The van der Waals surface area contributed by atoms with E-state index in [9.17, 15) is 15.0 Å². The molecule has 0 saturated carbocycles. The Kier molecular flexibility index (Phi) is 7.24. The number of rotatable bonds is 7. The number of benzene rings is 2. The Morgan fingerprint density at radius 1 is 1.28 bits per heavy atom. The number of carbonyl (C=O) groups is 1. The summed E-state index contributed by atoms with van der Waals surface area (Å²) < 4.78 is 5.75. The van der Waals surface area contributed by atoms with Gasteiger partial charge in [-0.2, -0.15) is 0 Å². The minimum Gasteiger partial charge on any atom is -0.507 e. The number of aromatic carboxylic acids is 1. The minimum absolute atomic E-state index is 0. The zero-order valence-electron chi connectivity index (χ0n) is 14.0. The molecule has 0 aliphatic heterocycles. The van der Waals surface area contributed by atoms with Crippen LogP contribution in [0, 0.1) is 0 Å². The molecule has 1 unspecified atom stereocenters. The summed E-state index contributed by atoms with van der Waals surface area (Å²) in [5.41, 5.74) is 2.45. The molecule has 4 heteroatoms. The fourth-order valence-corrected chi connectivity index (χ4v) is 2.39. The molecule has 4 nitrogen and oxygen atoms in total. The number of carboxylic acids is 1. The molecule has 2 aromatic carbocycles. The van der Waals surface area contributed by atoms with Crippen LogP contribution in [0.3, 0.4) is 0 Å². The van der Waals surface area contributed by atoms with Crippen molar-refractivity contribution in [2.24, 2.45) is 0 Å². The maximum atomic E-state index is 11.4. The van der Waals surface area contributed by atoms with Crippen molar-refractivity contribution in [2.45, 2.75) is 40.2 Å². The van der Waals surface area contributed by atoms with E-state index >= 15 is 0 Å². The number of ether oxygens (including phenoxy) is 1. The van der Waals surface area contributed by atoms with Gasteiger partial charge in [0.25, 0.3) is 0 Å². The summed E-state index contributed by atoms with van der Waals surface area (Å²) in [5.74, 6) is -0.871. The smallest absolute Gasteiger partial charge is 0.339 e. The van der Waals surface area contributed by atoms with Gasteiger partial charge in [0.1, 0.15) is 23.7 Å². The quantitative estimate of drug-likeness (QED) is 0.701. The van der Waals surface area contributed by atoms with E-state index < -0.39 is 5.97 Å². The van der Waals surface area contributed by atoms with Crippen LogP contribution in [0.1, 0.15) is 60.7 Å². The van der Waals surface area contributed by atoms with Crippen molar-refractivity contribution in [1.29, 1.82) is 0 Å². The fourth-order valence-electron chi connectivity index (χ4n) is 2.39. The van der Waals surface area contributed by atoms with Gasteiger partial charge in [0.2, 0.25) is 0 Å². The molecule has 0 radical (unpaired) electrons. The largest absolute Gasteiger partial charge is 0.507 e. The Labute approximate surface area is 149 Å². The van der Waals surface area contributed by atoms with Gasteiger partial charge in [0, 0.05) is 5.56 Å². The number of phenols is 1. The molecule has 1 atom stereocenters. The van der Waals surface area contributed by atoms with Crippen molar-refractivity contribution in [3.8, 4) is 11.5 Å². The molecule has 0 spiro atoms. The first-order chi connectivity index (χ1) is 11.5. The molecule has 134 valence electrons. The zero-order chi connectivity index (χ0) is 17.7. The Morgan fingerprint density at radius 2 is 1.92 bits per heavy atom. The average molecular weight is 342 g/mol. The predicted molar refractivity (Wildman–Crippen MR) is 101 cm³/mol. The Morgan fingerprint density at radius 3 is 2.44 bits per heavy atom. The normalized spacial score (nSPS) is 11.3. The van der Waals surface area contributed by atoms with Gasteiger partial charge >= 0.3 is 5.97 Å². The van der Waals surface area contributed by atoms with E-state index in [1.54, 1.807) is 12.1 Å². The van der Waals surface area contributed by atoms with Crippen LogP contribution in [-0.2, 0) is 6.61 Å². The Hall–Kier alpha value is -2.75. The number of carboxylic acid groups (broad SMARTS) is 1. The third-order valence-corrected chi connectivity index (χ3v) is 4.11. The van der Waals surface area contributed by atoms with E-state index in [1.165, 1.54) is 6.07 Å². The fraction of sp³-hybridized carbons (Fsp3) is 0.286. The van der Waals surface area contributed by atoms with Gasteiger partial charge in [-0.05, 0) is 35.6 Å². The van der Waals surface area contributed by atoms with Gasteiger partial charge in [-0.25, -0.2) is 4.79 Å². The van der Waals surface area contributed by atoms with Gasteiger partial charge in [0.15, 0.2) is 0 Å². The van der Waals surface area contributed by atoms with Crippen molar-refractivity contribution in [1.82, 2.24) is 0 Å². The summed E-state index contributed by atoms with van der Waals surface area (Å²) in [6, 6.07) is 10.8. The Balaban J connectivity index is 0.00000312. The summed E-state index contributed by atoms with van der Waals surface area (Å²) >= 11 is 0. The number of aromatic hydroxyl groups is 1. The summed E-state index contributed by atoms with van der Waals surface area (Å²) in [4.78, 5) is 11.4. The van der Waals surface area contributed by atoms with E-state index in [0.717, 1.165) is 17.5 Å². The molecular weight excluding hydrogens is 316 g/mol. The first kappa shape index (κ1) is 20.3. The SMILES string of the molecule is C.C=Cc1ccc(COc2cc(C(=O)O)c(O)c(C(C)CC)c2)cc1. The lowest BCUT2D eigenvalue weighted by Gasteiger charge is -2.16. The van der Waals surface area contributed by atoms with Gasteiger partial charge in [-0.15, -0.1) is 0 Å². The van der Waals surface area contributed by atoms with Gasteiger partial charge in [-0.1, -0.05) is 58.2 Å². The summed E-state index contributed by atoms with van der Waals surface area (Å²) in [6.45, 7) is 7.96. The second-order valence-electron chi connectivity index (χ2n) is 5.76. The monoisotopic (exact) mass is 342 g/mol. The molecule has 0 aromatic heterocycles. The summed E-state index contributed by atoms with van der Waals surface area (Å²) in [6.07, 6.45) is 2.56. The zero-order valence-corrected chi connectivity index (χ0v) is 14.0. The second kappa shape index (κ2) is 8.92. The third kappa shape index (κ3) is 4.86. The lowest BCUT2D eigenvalue weighted by molar-refractivity contribution is 0.0693. The molecule has 0 bridgehead atoms. The molecule has 25 heavy (non-hydrogen) atoms. The molecule has 0 heterocycles. The highest BCUT2D eigenvalue weighted by Crippen LogP contribution is 2.35. The van der Waals surface area contributed by atoms with Crippen molar-refractivity contribution >= 4 is 12.0 Å². The standard InChI is InChI=1S/C20H22O4.CH4/c1-4-13(3)17-10-16(11-18(19(17)21)20(22)23)24-12-15-8-6-14(5-2)7-9-15;/h5-11,13,21H,2,4,12H2,1,3H3,(H,22,23);1H4. The maximum absolute atomic E-state index is 11.4. The van der Waals surface area contributed by atoms with Crippen molar-refractivity contribution in [2.75, 3.05) is 0 Å². The number of hydrogen-bond acceptors (Lipinski definition) is 3. The highest BCUT2D eigenvalue weighted by Gasteiger charge is 2.19. The van der Waals surface area contributed by atoms with Crippen LogP contribution in [0.5, 0.6) is 11.5 Å². The maximum Gasteiger partial charge on any atom is 0.339 e. The molecule has 0 saturated heterocycles. The molecular formula is C21H26O4. The third-order valence-electron chi connectivity index (χ3n) is 4.11. The van der Waals surface area contributed by atoms with Crippen LogP contribution >= 0.6 is 0 Å². The summed E-state index contributed by atoms with van der Waals surface area (Å²) in [5, 5.41) is 19.5. The summed E-state index contributed by atoms with van der Waals surface area (Å²) in [7, 11) is 0. The van der Waals surface area contributed by atoms with Gasteiger partial charge in [0.05, 0.1) is 0 Å². The average Bonchev–Trinajstić information content (AvgIpc) is 2.60. The highest BCUT2D eigenvalue weighted by atomic mass is 16.5. The van der Waals surface area contributed by atoms with Crippen LogP contribution in [0.4, 0.5) is 0 Å². The molecule has 2 aromatic rings. The first-order valence-corrected chi connectivity index (χ1v) is 7.90. The van der Waals surface area contributed by atoms with Crippen LogP contribution in [0.15, 0.2) is 43.0 Å². The highest BCUT2D eigenvalue weighted by molar-refractivity contribution is 5.92. The van der Waals surface area contributed by atoms with Crippen molar-refractivity contribution in [3.05, 3.63) is 65.2 Å².